The standard InChI is InChI=1S/C9H12N2O4/c12-6(13)3-4-9(5-1-2-5)7(14)10-8(15)11-9/h5H,1-4H2,(H,12,13)(H2,10,11,14,15). The lowest BCUT2D eigenvalue weighted by atomic mass is 9.88. The minimum Gasteiger partial charge on any atom is -0.481 e. The summed E-state index contributed by atoms with van der Waals surface area (Å²) in [5.41, 5.74) is -0.963. The molecule has 1 aliphatic heterocycles. The van der Waals surface area contributed by atoms with Gasteiger partial charge in [0, 0.05) is 6.42 Å². The van der Waals surface area contributed by atoms with E-state index in [-0.39, 0.29) is 24.7 Å². The molecule has 6 heteroatoms. The summed E-state index contributed by atoms with van der Waals surface area (Å²) in [6.07, 6.45) is 1.80. The predicted octanol–water partition coefficient (Wildman–Crippen LogP) is -0.161. The Morgan fingerprint density at radius 1 is 1.47 bits per heavy atom. The van der Waals surface area contributed by atoms with Crippen LogP contribution in [-0.2, 0) is 9.59 Å². The van der Waals surface area contributed by atoms with E-state index < -0.39 is 17.5 Å². The molecule has 2 rings (SSSR count). The Bertz CT molecular complexity index is 337. The molecule has 0 radical (unpaired) electrons. The Morgan fingerprint density at radius 2 is 2.13 bits per heavy atom. The highest BCUT2D eigenvalue weighted by Crippen LogP contribution is 2.43. The van der Waals surface area contributed by atoms with Gasteiger partial charge in [-0.05, 0) is 25.2 Å². The minimum atomic E-state index is -0.963. The molecule has 1 saturated heterocycles. The molecule has 2 aliphatic rings. The van der Waals surface area contributed by atoms with Crippen LogP contribution in [0.25, 0.3) is 0 Å². The summed E-state index contributed by atoms with van der Waals surface area (Å²) in [5.74, 6) is -1.23. The molecule has 82 valence electrons. The average Bonchev–Trinajstić information content (AvgIpc) is 2.91. The molecule has 1 atom stereocenters. The van der Waals surface area contributed by atoms with Gasteiger partial charge in [0.05, 0.1) is 0 Å². The molecule has 3 N–H and O–H groups in total. The van der Waals surface area contributed by atoms with Crippen molar-refractivity contribution in [3.05, 3.63) is 0 Å². The van der Waals surface area contributed by atoms with Gasteiger partial charge in [0.1, 0.15) is 5.54 Å². The van der Waals surface area contributed by atoms with Gasteiger partial charge in [-0.2, -0.15) is 0 Å². The highest BCUT2D eigenvalue weighted by atomic mass is 16.4. The van der Waals surface area contributed by atoms with Crippen LogP contribution in [0.4, 0.5) is 4.79 Å². The van der Waals surface area contributed by atoms with Gasteiger partial charge >= 0.3 is 12.0 Å². The molecule has 0 aromatic heterocycles. The third kappa shape index (κ3) is 1.67. The minimum absolute atomic E-state index is 0.100. The topological polar surface area (TPSA) is 95.5 Å². The van der Waals surface area contributed by atoms with Gasteiger partial charge in [0.15, 0.2) is 0 Å². The maximum atomic E-state index is 11.6. The number of rotatable bonds is 4. The molecule has 0 spiro atoms. The second-order valence-corrected chi connectivity index (χ2v) is 4.05. The van der Waals surface area contributed by atoms with E-state index in [1.165, 1.54) is 0 Å². The fourth-order valence-corrected chi connectivity index (χ4v) is 2.05. The third-order valence-corrected chi connectivity index (χ3v) is 2.98. The van der Waals surface area contributed by atoms with Crippen molar-refractivity contribution in [1.82, 2.24) is 10.6 Å². The normalized spacial score (nSPS) is 29.9. The Morgan fingerprint density at radius 3 is 2.53 bits per heavy atom. The lowest BCUT2D eigenvalue weighted by Gasteiger charge is -2.24. The maximum absolute atomic E-state index is 11.6. The molecule has 1 unspecified atom stereocenters. The Labute approximate surface area is 86.0 Å². The van der Waals surface area contributed by atoms with Crippen LogP contribution in [0.15, 0.2) is 0 Å². The number of aliphatic carboxylic acids is 1. The van der Waals surface area contributed by atoms with Crippen LogP contribution >= 0.6 is 0 Å². The summed E-state index contributed by atoms with van der Waals surface area (Å²) in [6, 6.07) is -0.516. The van der Waals surface area contributed by atoms with Crippen molar-refractivity contribution in [2.45, 2.75) is 31.2 Å². The van der Waals surface area contributed by atoms with Gasteiger partial charge in [-0.3, -0.25) is 14.9 Å². The summed E-state index contributed by atoms with van der Waals surface area (Å²) in [5, 5.41) is 13.3. The average molecular weight is 212 g/mol. The molecular weight excluding hydrogens is 200 g/mol. The number of imide groups is 1. The Balaban J connectivity index is 2.13. The number of carbonyl (C=O) groups excluding carboxylic acids is 2. The first-order chi connectivity index (χ1) is 7.04. The smallest absolute Gasteiger partial charge is 0.322 e. The van der Waals surface area contributed by atoms with Crippen molar-refractivity contribution in [1.29, 1.82) is 0 Å². The molecule has 3 amide bonds. The lowest BCUT2D eigenvalue weighted by molar-refractivity contribution is -0.137. The maximum Gasteiger partial charge on any atom is 0.322 e. The van der Waals surface area contributed by atoms with Crippen LogP contribution in [0.5, 0.6) is 0 Å². The van der Waals surface area contributed by atoms with Crippen molar-refractivity contribution >= 4 is 17.9 Å². The Kier molecular flexibility index (Phi) is 2.13. The lowest BCUT2D eigenvalue weighted by Crippen LogP contribution is -2.49. The van der Waals surface area contributed by atoms with E-state index in [0.717, 1.165) is 12.8 Å². The van der Waals surface area contributed by atoms with Crippen molar-refractivity contribution in [2.75, 3.05) is 0 Å². The zero-order valence-corrected chi connectivity index (χ0v) is 8.08. The number of hydrogen-bond acceptors (Lipinski definition) is 3. The molecule has 0 aromatic rings. The monoisotopic (exact) mass is 212 g/mol. The Hall–Kier alpha value is -1.59. The molecule has 15 heavy (non-hydrogen) atoms. The molecule has 0 aromatic carbocycles. The molecular formula is C9H12N2O4. The number of hydrogen-bond donors (Lipinski definition) is 3. The van der Waals surface area contributed by atoms with Gasteiger partial charge in [0.2, 0.25) is 0 Å². The van der Waals surface area contributed by atoms with Crippen LogP contribution < -0.4 is 10.6 Å². The van der Waals surface area contributed by atoms with Crippen molar-refractivity contribution in [3.8, 4) is 0 Å². The van der Waals surface area contributed by atoms with E-state index in [0.29, 0.717) is 0 Å². The van der Waals surface area contributed by atoms with E-state index in [4.69, 9.17) is 5.11 Å². The second-order valence-electron chi connectivity index (χ2n) is 4.05. The van der Waals surface area contributed by atoms with Crippen LogP contribution in [0.1, 0.15) is 25.7 Å². The van der Waals surface area contributed by atoms with Crippen molar-refractivity contribution < 1.29 is 19.5 Å². The molecule has 2 fully saturated rings. The molecule has 6 nitrogen and oxygen atoms in total. The van der Waals surface area contributed by atoms with E-state index >= 15 is 0 Å². The van der Waals surface area contributed by atoms with E-state index in [1.807, 2.05) is 0 Å². The first-order valence-electron chi connectivity index (χ1n) is 4.90. The summed E-state index contributed by atoms with van der Waals surface area (Å²) >= 11 is 0. The van der Waals surface area contributed by atoms with Crippen LogP contribution in [0, 0.1) is 5.92 Å². The molecule has 1 aliphatic carbocycles. The predicted molar refractivity (Wildman–Crippen MR) is 49.0 cm³/mol. The highest BCUT2D eigenvalue weighted by molar-refractivity contribution is 6.07. The quantitative estimate of drug-likeness (QED) is 0.564. The van der Waals surface area contributed by atoms with Gasteiger partial charge in [-0.1, -0.05) is 0 Å². The molecule has 1 heterocycles. The number of urea groups is 1. The SMILES string of the molecule is O=C(O)CCC1(C2CC2)NC(=O)NC1=O. The van der Waals surface area contributed by atoms with Gasteiger partial charge in [-0.15, -0.1) is 0 Å². The number of carboxylic acids is 1. The van der Waals surface area contributed by atoms with E-state index in [9.17, 15) is 14.4 Å². The first kappa shape index (κ1) is 9.95. The molecule has 0 bridgehead atoms. The number of nitrogens with one attached hydrogen (secondary N) is 2. The number of carboxylic acid groups (broad SMARTS) is 1. The van der Waals surface area contributed by atoms with Gasteiger partial charge < -0.3 is 10.4 Å². The molecule has 1 saturated carbocycles. The van der Waals surface area contributed by atoms with Crippen LogP contribution in [0.2, 0.25) is 0 Å². The second kappa shape index (κ2) is 3.22. The largest absolute Gasteiger partial charge is 0.481 e. The number of amides is 3. The summed E-state index contributed by atoms with van der Waals surface area (Å²) in [4.78, 5) is 33.2. The van der Waals surface area contributed by atoms with Gasteiger partial charge in [-0.25, -0.2) is 4.79 Å². The fourth-order valence-electron chi connectivity index (χ4n) is 2.05. The third-order valence-electron chi connectivity index (χ3n) is 2.98. The van der Waals surface area contributed by atoms with Crippen molar-refractivity contribution in [3.63, 3.8) is 0 Å². The summed E-state index contributed by atoms with van der Waals surface area (Å²) in [6.45, 7) is 0. The fraction of sp³-hybridized carbons (Fsp3) is 0.667. The van der Waals surface area contributed by atoms with Crippen LogP contribution in [0.3, 0.4) is 0 Å². The van der Waals surface area contributed by atoms with Crippen LogP contribution in [-0.4, -0.2) is 28.6 Å². The summed E-state index contributed by atoms with van der Waals surface area (Å²) in [7, 11) is 0. The first-order valence-corrected chi connectivity index (χ1v) is 4.90. The van der Waals surface area contributed by atoms with E-state index in [2.05, 4.69) is 10.6 Å². The number of carbonyl (C=O) groups is 3. The zero-order chi connectivity index (χ0) is 11.1. The van der Waals surface area contributed by atoms with E-state index in [1.54, 1.807) is 0 Å². The highest BCUT2D eigenvalue weighted by Gasteiger charge is 2.55. The zero-order valence-electron chi connectivity index (χ0n) is 8.08. The van der Waals surface area contributed by atoms with Gasteiger partial charge in [0.25, 0.3) is 5.91 Å². The summed E-state index contributed by atoms with van der Waals surface area (Å²) < 4.78 is 0. The van der Waals surface area contributed by atoms with Crippen molar-refractivity contribution in [2.24, 2.45) is 5.92 Å².